The molecule has 138 valence electrons. The second-order valence-corrected chi connectivity index (χ2v) is 6.13. The monoisotopic (exact) mass is 347 g/mol. The van der Waals surface area contributed by atoms with Gasteiger partial charge in [-0.3, -0.25) is 4.79 Å². The fraction of sp³-hybridized carbons (Fsp3) is 0.556. The van der Waals surface area contributed by atoms with E-state index in [2.05, 4.69) is 57.0 Å². The van der Waals surface area contributed by atoms with Crippen LogP contribution in [0.25, 0.3) is 0 Å². The standard InChI is InChI=1S/C18H29N5O2/c1-4-19-18(22-14(2)13-25-3)21-11-15-5-7-16(8-6-15)23-10-9-20-17(24)12-23/h5-8,14H,4,9-13H2,1-3H3,(H,20,24)(H2,19,21,22). The molecule has 0 bridgehead atoms. The van der Waals surface area contributed by atoms with E-state index in [0.717, 1.165) is 30.3 Å². The van der Waals surface area contributed by atoms with Gasteiger partial charge >= 0.3 is 0 Å². The minimum absolute atomic E-state index is 0.0754. The van der Waals surface area contributed by atoms with Gasteiger partial charge in [0.2, 0.25) is 5.91 Å². The predicted molar refractivity (Wildman–Crippen MR) is 101 cm³/mol. The summed E-state index contributed by atoms with van der Waals surface area (Å²) < 4.78 is 5.15. The van der Waals surface area contributed by atoms with Crippen LogP contribution in [0.2, 0.25) is 0 Å². The molecule has 1 heterocycles. The number of anilines is 1. The number of nitrogens with one attached hydrogen (secondary N) is 3. The van der Waals surface area contributed by atoms with Gasteiger partial charge in [-0.1, -0.05) is 12.1 Å². The zero-order valence-corrected chi connectivity index (χ0v) is 15.3. The SMILES string of the molecule is CCNC(=NCc1ccc(N2CCNC(=O)C2)cc1)NC(C)COC. The molecule has 0 aliphatic carbocycles. The van der Waals surface area contributed by atoms with E-state index < -0.39 is 0 Å². The average Bonchev–Trinajstić information content (AvgIpc) is 2.60. The normalized spacial score (nSPS) is 16.4. The molecule has 1 saturated heterocycles. The van der Waals surface area contributed by atoms with Crippen LogP contribution >= 0.6 is 0 Å². The van der Waals surface area contributed by atoms with Crippen molar-refractivity contribution in [2.45, 2.75) is 26.4 Å². The van der Waals surface area contributed by atoms with Crippen molar-refractivity contribution in [1.29, 1.82) is 0 Å². The van der Waals surface area contributed by atoms with E-state index >= 15 is 0 Å². The van der Waals surface area contributed by atoms with E-state index in [-0.39, 0.29) is 11.9 Å². The number of methoxy groups -OCH3 is 1. The van der Waals surface area contributed by atoms with Gasteiger partial charge in [0.25, 0.3) is 0 Å². The molecule has 2 rings (SSSR count). The maximum absolute atomic E-state index is 11.5. The highest BCUT2D eigenvalue weighted by Crippen LogP contribution is 2.16. The summed E-state index contributed by atoms with van der Waals surface area (Å²) in [5.41, 5.74) is 2.20. The number of hydrogen-bond donors (Lipinski definition) is 3. The Morgan fingerprint density at radius 3 is 2.80 bits per heavy atom. The van der Waals surface area contributed by atoms with Crippen molar-refractivity contribution < 1.29 is 9.53 Å². The first kappa shape index (κ1) is 19.1. The Kier molecular flexibility index (Phi) is 7.53. The lowest BCUT2D eigenvalue weighted by molar-refractivity contribution is -0.120. The summed E-state index contributed by atoms with van der Waals surface area (Å²) in [4.78, 5) is 18.2. The number of guanidine groups is 1. The minimum Gasteiger partial charge on any atom is -0.383 e. The Morgan fingerprint density at radius 1 is 1.40 bits per heavy atom. The van der Waals surface area contributed by atoms with E-state index in [1.807, 2.05) is 6.92 Å². The molecule has 1 fully saturated rings. The van der Waals surface area contributed by atoms with Crippen molar-refractivity contribution in [2.75, 3.05) is 44.8 Å². The molecular formula is C18H29N5O2. The zero-order chi connectivity index (χ0) is 18.1. The number of nitrogens with zero attached hydrogens (tertiary/aromatic N) is 2. The number of benzene rings is 1. The van der Waals surface area contributed by atoms with Gasteiger partial charge in [0, 0.05) is 38.5 Å². The van der Waals surface area contributed by atoms with Crippen LogP contribution in [0, 0.1) is 0 Å². The van der Waals surface area contributed by atoms with Gasteiger partial charge in [0.05, 0.1) is 19.7 Å². The fourth-order valence-electron chi connectivity index (χ4n) is 2.69. The molecule has 0 aromatic heterocycles. The molecule has 1 aliphatic heterocycles. The third-order valence-corrected chi connectivity index (χ3v) is 3.90. The van der Waals surface area contributed by atoms with Crippen molar-refractivity contribution in [3.63, 3.8) is 0 Å². The van der Waals surface area contributed by atoms with Gasteiger partial charge in [-0.15, -0.1) is 0 Å². The smallest absolute Gasteiger partial charge is 0.239 e. The molecule has 7 nitrogen and oxygen atoms in total. The highest BCUT2D eigenvalue weighted by atomic mass is 16.5. The maximum Gasteiger partial charge on any atom is 0.239 e. The molecule has 0 spiro atoms. The lowest BCUT2D eigenvalue weighted by Crippen LogP contribution is -2.47. The second kappa shape index (κ2) is 9.88. The molecule has 1 aromatic rings. The van der Waals surface area contributed by atoms with Gasteiger partial charge in [-0.2, -0.15) is 0 Å². The van der Waals surface area contributed by atoms with Crippen LogP contribution in [0.15, 0.2) is 29.3 Å². The third kappa shape index (κ3) is 6.26. The molecule has 7 heteroatoms. The van der Waals surface area contributed by atoms with E-state index in [1.165, 1.54) is 0 Å². The largest absolute Gasteiger partial charge is 0.383 e. The number of hydrogen-bond acceptors (Lipinski definition) is 4. The van der Waals surface area contributed by atoms with Gasteiger partial charge in [-0.25, -0.2) is 4.99 Å². The lowest BCUT2D eigenvalue weighted by Gasteiger charge is -2.28. The van der Waals surface area contributed by atoms with Crippen LogP contribution in [0.4, 0.5) is 5.69 Å². The molecule has 1 aliphatic rings. The van der Waals surface area contributed by atoms with Gasteiger partial charge in [0.1, 0.15) is 0 Å². The third-order valence-electron chi connectivity index (χ3n) is 3.90. The lowest BCUT2D eigenvalue weighted by atomic mass is 10.2. The number of rotatable bonds is 7. The van der Waals surface area contributed by atoms with Crippen molar-refractivity contribution in [2.24, 2.45) is 4.99 Å². The maximum atomic E-state index is 11.5. The number of ether oxygens (including phenoxy) is 1. The molecular weight excluding hydrogens is 318 g/mol. The summed E-state index contributed by atoms with van der Waals surface area (Å²) >= 11 is 0. The van der Waals surface area contributed by atoms with Crippen LogP contribution in [-0.4, -0.2) is 57.8 Å². The van der Waals surface area contributed by atoms with Crippen molar-refractivity contribution >= 4 is 17.6 Å². The zero-order valence-electron chi connectivity index (χ0n) is 15.3. The van der Waals surface area contributed by atoms with E-state index in [1.54, 1.807) is 7.11 Å². The van der Waals surface area contributed by atoms with Gasteiger partial charge in [-0.05, 0) is 31.5 Å². The van der Waals surface area contributed by atoms with E-state index in [0.29, 0.717) is 26.2 Å². The predicted octanol–water partition coefficient (Wildman–Crippen LogP) is 0.713. The van der Waals surface area contributed by atoms with Gasteiger partial charge < -0.3 is 25.6 Å². The Bertz CT molecular complexity index is 573. The quantitative estimate of drug-likeness (QED) is 0.500. The first-order chi connectivity index (χ1) is 12.1. The summed E-state index contributed by atoms with van der Waals surface area (Å²) in [6, 6.07) is 8.42. The van der Waals surface area contributed by atoms with Crippen molar-refractivity contribution in [3.8, 4) is 0 Å². The van der Waals surface area contributed by atoms with Crippen molar-refractivity contribution in [1.82, 2.24) is 16.0 Å². The Morgan fingerprint density at radius 2 is 2.16 bits per heavy atom. The fourth-order valence-corrected chi connectivity index (χ4v) is 2.69. The first-order valence-electron chi connectivity index (χ1n) is 8.76. The number of piperazine rings is 1. The second-order valence-electron chi connectivity index (χ2n) is 6.13. The van der Waals surface area contributed by atoms with Crippen LogP contribution in [0.5, 0.6) is 0 Å². The number of aliphatic imine (C=N–C) groups is 1. The van der Waals surface area contributed by atoms with Crippen LogP contribution in [-0.2, 0) is 16.1 Å². The highest BCUT2D eigenvalue weighted by Gasteiger charge is 2.16. The Labute approximate surface area is 149 Å². The average molecular weight is 347 g/mol. The summed E-state index contributed by atoms with van der Waals surface area (Å²) in [6.45, 7) is 8.09. The summed E-state index contributed by atoms with van der Waals surface area (Å²) in [7, 11) is 1.69. The minimum atomic E-state index is 0.0754. The Balaban J connectivity index is 1.95. The number of amides is 1. The van der Waals surface area contributed by atoms with Crippen LogP contribution < -0.4 is 20.9 Å². The summed E-state index contributed by atoms with van der Waals surface area (Å²) in [6.07, 6.45) is 0. The first-order valence-corrected chi connectivity index (χ1v) is 8.76. The molecule has 0 radical (unpaired) electrons. The van der Waals surface area contributed by atoms with Crippen molar-refractivity contribution in [3.05, 3.63) is 29.8 Å². The van der Waals surface area contributed by atoms with E-state index in [9.17, 15) is 4.79 Å². The Hall–Kier alpha value is -2.28. The number of carbonyl (C=O) groups is 1. The molecule has 0 saturated carbocycles. The molecule has 3 N–H and O–H groups in total. The van der Waals surface area contributed by atoms with Gasteiger partial charge in [0.15, 0.2) is 5.96 Å². The van der Waals surface area contributed by atoms with E-state index in [4.69, 9.17) is 4.74 Å². The molecule has 1 atom stereocenters. The molecule has 1 amide bonds. The summed E-state index contributed by atoms with van der Waals surface area (Å²) in [5, 5.41) is 9.40. The number of carbonyl (C=O) groups excluding carboxylic acids is 1. The molecule has 1 unspecified atom stereocenters. The highest BCUT2D eigenvalue weighted by molar-refractivity contribution is 5.82. The summed E-state index contributed by atoms with van der Waals surface area (Å²) in [5.74, 6) is 0.857. The molecule has 1 aromatic carbocycles. The topological polar surface area (TPSA) is 78.0 Å². The molecule has 25 heavy (non-hydrogen) atoms. The van der Waals surface area contributed by atoms with Crippen LogP contribution in [0.3, 0.4) is 0 Å². The van der Waals surface area contributed by atoms with Crippen LogP contribution in [0.1, 0.15) is 19.4 Å².